The van der Waals surface area contributed by atoms with Crippen LogP contribution in [-0.4, -0.2) is 34.1 Å². The van der Waals surface area contributed by atoms with Gasteiger partial charge in [0.05, 0.1) is 0 Å². The first-order valence-electron chi connectivity index (χ1n) is 7.92. The monoisotopic (exact) mass is 333 g/mol. The highest BCUT2D eigenvalue weighted by atomic mass is 35.5. The zero-order valence-electron chi connectivity index (χ0n) is 13.3. The summed E-state index contributed by atoms with van der Waals surface area (Å²) in [7, 11) is 0. The van der Waals surface area contributed by atoms with Gasteiger partial charge in [0.1, 0.15) is 0 Å². The van der Waals surface area contributed by atoms with E-state index in [0.717, 1.165) is 12.8 Å². The van der Waals surface area contributed by atoms with Crippen LogP contribution in [0.1, 0.15) is 60.7 Å². The molecule has 3 rings (SSSR count). The fourth-order valence-corrected chi connectivity index (χ4v) is 2.88. The van der Waals surface area contributed by atoms with Gasteiger partial charge >= 0.3 is 0 Å². The molecular weight excluding hydrogens is 314 g/mol. The number of amides is 1. The summed E-state index contributed by atoms with van der Waals surface area (Å²) in [5.41, 5.74) is 0.674. The molecule has 1 aliphatic heterocycles. The Kier molecular flexibility index (Phi) is 4.66. The second-order valence-corrected chi connectivity index (χ2v) is 6.64. The summed E-state index contributed by atoms with van der Waals surface area (Å²) in [6.45, 7) is 5.46. The Hall–Kier alpha value is -1.88. The van der Waals surface area contributed by atoms with E-state index in [9.17, 15) is 4.79 Å². The summed E-state index contributed by atoms with van der Waals surface area (Å²) in [6.07, 6.45) is 1.69. The number of carbonyl (C=O) groups is 1. The summed E-state index contributed by atoms with van der Waals surface area (Å²) in [5, 5.41) is 8.89. The molecule has 1 saturated heterocycles. The first-order chi connectivity index (χ1) is 11.0. The Balaban J connectivity index is 1.61. The van der Waals surface area contributed by atoms with Crippen molar-refractivity contribution in [3.63, 3.8) is 0 Å². The number of likely N-dealkylation sites (tertiary alicyclic amines) is 1. The van der Waals surface area contributed by atoms with Gasteiger partial charge in [-0.1, -0.05) is 25.4 Å². The second kappa shape index (κ2) is 6.71. The maximum atomic E-state index is 12.5. The highest BCUT2D eigenvalue weighted by molar-refractivity contribution is 6.30. The van der Waals surface area contributed by atoms with Crippen LogP contribution in [0.15, 0.2) is 28.7 Å². The van der Waals surface area contributed by atoms with E-state index in [1.165, 1.54) is 0 Å². The molecule has 0 bridgehead atoms. The summed E-state index contributed by atoms with van der Waals surface area (Å²) in [6, 6.07) is 7.02. The van der Waals surface area contributed by atoms with Crippen molar-refractivity contribution in [1.29, 1.82) is 0 Å². The average molecular weight is 334 g/mol. The third kappa shape index (κ3) is 3.55. The number of rotatable bonds is 3. The van der Waals surface area contributed by atoms with E-state index >= 15 is 0 Å². The Morgan fingerprint density at radius 1 is 1.22 bits per heavy atom. The van der Waals surface area contributed by atoms with Crippen LogP contribution in [0.5, 0.6) is 0 Å². The van der Waals surface area contributed by atoms with E-state index in [4.69, 9.17) is 16.0 Å². The van der Waals surface area contributed by atoms with Gasteiger partial charge in [-0.15, -0.1) is 10.2 Å². The van der Waals surface area contributed by atoms with Crippen molar-refractivity contribution >= 4 is 17.5 Å². The average Bonchev–Trinajstić information content (AvgIpc) is 3.05. The number of carbonyl (C=O) groups excluding carboxylic acids is 1. The van der Waals surface area contributed by atoms with Crippen LogP contribution in [0.2, 0.25) is 5.02 Å². The molecule has 122 valence electrons. The minimum Gasteiger partial charge on any atom is -0.425 e. The van der Waals surface area contributed by atoms with E-state index in [0.29, 0.717) is 35.5 Å². The van der Waals surface area contributed by atoms with Gasteiger partial charge in [0.25, 0.3) is 5.91 Å². The predicted octanol–water partition coefficient (Wildman–Crippen LogP) is 3.87. The Bertz CT molecular complexity index is 673. The summed E-state index contributed by atoms with van der Waals surface area (Å²) < 4.78 is 5.74. The van der Waals surface area contributed by atoms with Crippen LogP contribution >= 0.6 is 11.6 Å². The molecule has 1 amide bonds. The SMILES string of the molecule is CC(C)c1nnc(C2CCN(C(=O)c3ccc(Cl)cc3)CC2)o1. The van der Waals surface area contributed by atoms with E-state index in [1.807, 2.05) is 18.7 Å². The van der Waals surface area contributed by atoms with Gasteiger partial charge in [0.2, 0.25) is 11.8 Å². The number of halogens is 1. The molecule has 0 radical (unpaired) electrons. The number of benzene rings is 1. The van der Waals surface area contributed by atoms with Gasteiger partial charge in [0.15, 0.2) is 0 Å². The van der Waals surface area contributed by atoms with Crippen molar-refractivity contribution in [3.05, 3.63) is 46.6 Å². The minimum atomic E-state index is 0.0496. The van der Waals surface area contributed by atoms with Gasteiger partial charge in [-0.2, -0.15) is 0 Å². The maximum Gasteiger partial charge on any atom is 0.253 e. The summed E-state index contributed by atoms with van der Waals surface area (Å²) in [4.78, 5) is 14.4. The zero-order valence-corrected chi connectivity index (χ0v) is 14.1. The predicted molar refractivity (Wildman–Crippen MR) is 87.7 cm³/mol. The number of hydrogen-bond acceptors (Lipinski definition) is 4. The van der Waals surface area contributed by atoms with Crippen molar-refractivity contribution in [1.82, 2.24) is 15.1 Å². The smallest absolute Gasteiger partial charge is 0.253 e. The lowest BCUT2D eigenvalue weighted by molar-refractivity contribution is 0.0706. The Morgan fingerprint density at radius 2 is 1.87 bits per heavy atom. The number of piperidine rings is 1. The van der Waals surface area contributed by atoms with Crippen LogP contribution in [-0.2, 0) is 0 Å². The van der Waals surface area contributed by atoms with Crippen LogP contribution in [0.25, 0.3) is 0 Å². The molecule has 2 aromatic rings. The number of hydrogen-bond donors (Lipinski definition) is 0. The van der Waals surface area contributed by atoms with Crippen LogP contribution < -0.4 is 0 Å². The first kappa shape index (κ1) is 16.0. The van der Waals surface area contributed by atoms with Crippen molar-refractivity contribution in [3.8, 4) is 0 Å². The summed E-state index contributed by atoms with van der Waals surface area (Å²) in [5.74, 6) is 1.91. The van der Waals surface area contributed by atoms with Gasteiger partial charge in [-0.3, -0.25) is 4.79 Å². The molecule has 1 aliphatic rings. The molecular formula is C17H20ClN3O2. The topological polar surface area (TPSA) is 59.2 Å². The molecule has 0 N–H and O–H groups in total. The molecule has 2 heterocycles. The van der Waals surface area contributed by atoms with Crippen LogP contribution in [0.3, 0.4) is 0 Å². The maximum absolute atomic E-state index is 12.5. The molecule has 0 atom stereocenters. The highest BCUT2D eigenvalue weighted by Gasteiger charge is 2.28. The van der Waals surface area contributed by atoms with E-state index in [-0.39, 0.29) is 17.7 Å². The fourth-order valence-electron chi connectivity index (χ4n) is 2.75. The van der Waals surface area contributed by atoms with E-state index in [1.54, 1.807) is 24.3 Å². The quantitative estimate of drug-likeness (QED) is 0.855. The van der Waals surface area contributed by atoms with Crippen LogP contribution in [0, 0.1) is 0 Å². The van der Waals surface area contributed by atoms with Crippen molar-refractivity contribution in [2.45, 2.75) is 38.5 Å². The molecule has 0 saturated carbocycles. The number of nitrogens with zero attached hydrogens (tertiary/aromatic N) is 3. The molecule has 1 aromatic heterocycles. The van der Waals surface area contributed by atoms with Gasteiger partial charge in [-0.05, 0) is 37.1 Å². The van der Waals surface area contributed by atoms with E-state index in [2.05, 4.69) is 10.2 Å². The molecule has 1 aromatic carbocycles. The molecule has 5 nitrogen and oxygen atoms in total. The Labute approximate surface area is 140 Å². The standard InChI is InChI=1S/C17H20ClN3O2/c1-11(2)15-19-20-16(23-15)12-7-9-21(10-8-12)17(22)13-3-5-14(18)6-4-13/h3-6,11-12H,7-10H2,1-2H3. The van der Waals surface area contributed by atoms with Crippen molar-refractivity contribution in [2.24, 2.45) is 0 Å². The largest absolute Gasteiger partial charge is 0.425 e. The Morgan fingerprint density at radius 3 is 2.43 bits per heavy atom. The lowest BCUT2D eigenvalue weighted by Crippen LogP contribution is -2.38. The van der Waals surface area contributed by atoms with Crippen molar-refractivity contribution < 1.29 is 9.21 Å². The highest BCUT2D eigenvalue weighted by Crippen LogP contribution is 2.29. The van der Waals surface area contributed by atoms with Crippen molar-refractivity contribution in [2.75, 3.05) is 13.1 Å². The van der Waals surface area contributed by atoms with Crippen LogP contribution in [0.4, 0.5) is 0 Å². The number of aromatic nitrogens is 2. The lowest BCUT2D eigenvalue weighted by Gasteiger charge is -2.30. The second-order valence-electron chi connectivity index (χ2n) is 6.21. The molecule has 0 spiro atoms. The zero-order chi connectivity index (χ0) is 16.4. The molecule has 0 aliphatic carbocycles. The third-order valence-corrected chi connectivity index (χ3v) is 4.42. The lowest BCUT2D eigenvalue weighted by atomic mass is 9.96. The molecule has 23 heavy (non-hydrogen) atoms. The van der Waals surface area contributed by atoms with Gasteiger partial charge in [-0.25, -0.2) is 0 Å². The van der Waals surface area contributed by atoms with E-state index < -0.39 is 0 Å². The molecule has 6 heteroatoms. The fraction of sp³-hybridized carbons (Fsp3) is 0.471. The summed E-state index contributed by atoms with van der Waals surface area (Å²) >= 11 is 5.87. The molecule has 1 fully saturated rings. The van der Waals surface area contributed by atoms with Gasteiger partial charge < -0.3 is 9.32 Å². The third-order valence-electron chi connectivity index (χ3n) is 4.17. The minimum absolute atomic E-state index is 0.0496. The first-order valence-corrected chi connectivity index (χ1v) is 8.30. The normalized spacial score (nSPS) is 16.1. The van der Waals surface area contributed by atoms with Gasteiger partial charge in [0, 0.05) is 35.5 Å². The molecule has 0 unspecified atom stereocenters.